The first-order valence-corrected chi connectivity index (χ1v) is 6.30. The molecule has 1 rings (SSSR count). The molecule has 0 fully saturated rings. The zero-order chi connectivity index (χ0) is 13.4. The van der Waals surface area contributed by atoms with Crippen LogP contribution < -0.4 is 11.1 Å². The predicted octanol–water partition coefficient (Wildman–Crippen LogP) is 0.656. The molecular weight excluding hydrogens is 264 g/mol. The van der Waals surface area contributed by atoms with Gasteiger partial charge in [0.1, 0.15) is 12.3 Å². The third-order valence-electron chi connectivity index (χ3n) is 1.92. The summed E-state index contributed by atoms with van der Waals surface area (Å²) in [5.41, 5.74) is 5.69. The molecule has 0 spiro atoms. The molecule has 5 nitrogen and oxygen atoms in total. The highest BCUT2D eigenvalue weighted by atomic mass is 32.1. The number of aromatic nitrogens is 1. The van der Waals surface area contributed by atoms with E-state index >= 15 is 0 Å². The van der Waals surface area contributed by atoms with Crippen LogP contribution in [-0.2, 0) is 11.2 Å². The van der Waals surface area contributed by atoms with Gasteiger partial charge in [-0.05, 0) is 6.54 Å². The minimum Gasteiger partial charge on any atom is -0.374 e. The summed E-state index contributed by atoms with van der Waals surface area (Å²) in [5, 5.41) is 4.97. The standard InChI is InChI=1S/C10H15F2N3O2S/c11-8(12)5-17-4-3-14-10(16)7-6-18-9(15-7)1-2-13/h6,8H,1-5,13H2,(H,14,16). The molecule has 0 aromatic carbocycles. The first kappa shape index (κ1) is 14.9. The van der Waals surface area contributed by atoms with Crippen molar-refractivity contribution in [2.75, 3.05) is 26.3 Å². The molecule has 0 atom stereocenters. The summed E-state index contributed by atoms with van der Waals surface area (Å²) >= 11 is 1.37. The first-order chi connectivity index (χ1) is 8.63. The lowest BCUT2D eigenvalue weighted by Crippen LogP contribution is -2.28. The number of amides is 1. The molecule has 0 bridgehead atoms. The maximum Gasteiger partial charge on any atom is 0.270 e. The summed E-state index contributed by atoms with van der Waals surface area (Å²) in [5.74, 6) is -0.338. The van der Waals surface area contributed by atoms with E-state index in [2.05, 4.69) is 15.0 Å². The zero-order valence-electron chi connectivity index (χ0n) is 9.70. The van der Waals surface area contributed by atoms with Crippen molar-refractivity contribution in [3.05, 3.63) is 16.1 Å². The molecule has 102 valence electrons. The van der Waals surface area contributed by atoms with E-state index in [-0.39, 0.29) is 19.1 Å². The highest BCUT2D eigenvalue weighted by Gasteiger charge is 2.09. The number of hydrogen-bond donors (Lipinski definition) is 2. The maximum atomic E-state index is 11.7. The van der Waals surface area contributed by atoms with Crippen molar-refractivity contribution in [1.82, 2.24) is 10.3 Å². The predicted molar refractivity (Wildman–Crippen MR) is 64.0 cm³/mol. The molecule has 0 aliphatic rings. The molecule has 0 aliphatic carbocycles. The molecule has 0 aliphatic heterocycles. The van der Waals surface area contributed by atoms with Crippen LogP contribution in [0, 0.1) is 0 Å². The molecule has 0 radical (unpaired) electrons. The molecule has 1 aromatic rings. The van der Waals surface area contributed by atoms with Crippen LogP contribution in [0.3, 0.4) is 0 Å². The van der Waals surface area contributed by atoms with Crippen LogP contribution in [0.2, 0.25) is 0 Å². The Labute approximate surface area is 107 Å². The molecular formula is C10H15F2N3O2S. The second-order valence-electron chi connectivity index (χ2n) is 3.39. The largest absolute Gasteiger partial charge is 0.374 e. The fourth-order valence-corrected chi connectivity index (χ4v) is 1.95. The maximum absolute atomic E-state index is 11.7. The Bertz CT molecular complexity index is 374. The van der Waals surface area contributed by atoms with E-state index in [1.807, 2.05) is 0 Å². The van der Waals surface area contributed by atoms with Crippen molar-refractivity contribution >= 4 is 17.2 Å². The van der Waals surface area contributed by atoms with Gasteiger partial charge in [0.2, 0.25) is 0 Å². The van der Waals surface area contributed by atoms with Crippen LogP contribution in [0.5, 0.6) is 0 Å². The van der Waals surface area contributed by atoms with E-state index in [4.69, 9.17) is 5.73 Å². The van der Waals surface area contributed by atoms with Gasteiger partial charge in [0.15, 0.2) is 0 Å². The number of hydrogen-bond acceptors (Lipinski definition) is 5. The lowest BCUT2D eigenvalue weighted by molar-refractivity contribution is 0.0188. The van der Waals surface area contributed by atoms with Crippen molar-refractivity contribution in [2.24, 2.45) is 5.73 Å². The van der Waals surface area contributed by atoms with Crippen molar-refractivity contribution in [3.8, 4) is 0 Å². The SMILES string of the molecule is NCCc1nc(C(=O)NCCOCC(F)F)cs1. The van der Waals surface area contributed by atoms with Gasteiger partial charge in [-0.25, -0.2) is 13.8 Å². The molecule has 1 heterocycles. The van der Waals surface area contributed by atoms with Gasteiger partial charge in [0, 0.05) is 18.3 Å². The summed E-state index contributed by atoms with van der Waals surface area (Å²) in [6.45, 7) is 0.0917. The van der Waals surface area contributed by atoms with Crippen LogP contribution in [0.1, 0.15) is 15.5 Å². The second kappa shape index (κ2) is 8.06. The third-order valence-corrected chi connectivity index (χ3v) is 2.83. The summed E-state index contributed by atoms with van der Waals surface area (Å²) in [6, 6.07) is 0. The van der Waals surface area contributed by atoms with Gasteiger partial charge in [-0.2, -0.15) is 0 Å². The second-order valence-corrected chi connectivity index (χ2v) is 4.33. The quantitative estimate of drug-likeness (QED) is 0.685. The number of carbonyl (C=O) groups excluding carboxylic acids is 1. The Kier molecular flexibility index (Phi) is 6.69. The molecule has 0 saturated carbocycles. The van der Waals surface area contributed by atoms with Crippen LogP contribution in [0.25, 0.3) is 0 Å². The third kappa shape index (κ3) is 5.48. The van der Waals surface area contributed by atoms with Crippen molar-refractivity contribution in [1.29, 1.82) is 0 Å². The number of nitrogens with two attached hydrogens (primary N) is 1. The molecule has 1 aromatic heterocycles. The number of ether oxygens (including phenoxy) is 1. The van der Waals surface area contributed by atoms with Gasteiger partial charge in [0.05, 0.1) is 11.6 Å². The van der Waals surface area contributed by atoms with E-state index in [1.54, 1.807) is 5.38 Å². The summed E-state index contributed by atoms with van der Waals surface area (Å²) in [6.07, 6.45) is -1.85. The van der Waals surface area contributed by atoms with E-state index in [9.17, 15) is 13.6 Å². The smallest absolute Gasteiger partial charge is 0.270 e. The number of nitrogens with zero attached hydrogens (tertiary/aromatic N) is 1. The Hall–Kier alpha value is -1.12. The Morgan fingerprint density at radius 1 is 1.61 bits per heavy atom. The van der Waals surface area contributed by atoms with E-state index in [1.165, 1.54) is 11.3 Å². The molecule has 8 heteroatoms. The molecule has 18 heavy (non-hydrogen) atoms. The summed E-state index contributed by atoms with van der Waals surface area (Å²) in [4.78, 5) is 15.7. The molecule has 0 saturated heterocycles. The van der Waals surface area contributed by atoms with E-state index in [0.29, 0.717) is 18.7 Å². The minimum atomic E-state index is -2.49. The van der Waals surface area contributed by atoms with Gasteiger partial charge in [0.25, 0.3) is 12.3 Å². The first-order valence-electron chi connectivity index (χ1n) is 5.42. The highest BCUT2D eigenvalue weighted by Crippen LogP contribution is 2.09. The van der Waals surface area contributed by atoms with Crippen LogP contribution in [0.15, 0.2) is 5.38 Å². The van der Waals surface area contributed by atoms with Crippen LogP contribution >= 0.6 is 11.3 Å². The van der Waals surface area contributed by atoms with Gasteiger partial charge in [-0.3, -0.25) is 4.79 Å². The number of nitrogens with one attached hydrogen (secondary N) is 1. The fourth-order valence-electron chi connectivity index (χ4n) is 1.15. The lowest BCUT2D eigenvalue weighted by atomic mass is 10.4. The summed E-state index contributed by atoms with van der Waals surface area (Å²) in [7, 11) is 0. The number of alkyl halides is 2. The van der Waals surface area contributed by atoms with Crippen LogP contribution in [0.4, 0.5) is 8.78 Å². The number of carbonyl (C=O) groups is 1. The highest BCUT2D eigenvalue weighted by molar-refractivity contribution is 7.09. The monoisotopic (exact) mass is 279 g/mol. The lowest BCUT2D eigenvalue weighted by Gasteiger charge is -2.04. The molecule has 3 N–H and O–H groups in total. The number of halogens is 2. The number of rotatable bonds is 8. The normalized spacial score (nSPS) is 10.9. The molecule has 1 amide bonds. The Morgan fingerprint density at radius 3 is 3.06 bits per heavy atom. The van der Waals surface area contributed by atoms with E-state index in [0.717, 1.165) is 5.01 Å². The van der Waals surface area contributed by atoms with Crippen molar-refractivity contribution < 1.29 is 18.3 Å². The zero-order valence-corrected chi connectivity index (χ0v) is 10.5. The van der Waals surface area contributed by atoms with Gasteiger partial charge in [-0.1, -0.05) is 0 Å². The van der Waals surface area contributed by atoms with Crippen molar-refractivity contribution in [2.45, 2.75) is 12.8 Å². The topological polar surface area (TPSA) is 77.2 Å². The number of thiazole rings is 1. The van der Waals surface area contributed by atoms with Crippen molar-refractivity contribution in [3.63, 3.8) is 0 Å². The van der Waals surface area contributed by atoms with Crippen LogP contribution in [-0.4, -0.2) is 43.6 Å². The minimum absolute atomic E-state index is 0.0515. The molecule has 0 unspecified atom stereocenters. The van der Waals surface area contributed by atoms with Gasteiger partial charge < -0.3 is 15.8 Å². The van der Waals surface area contributed by atoms with Gasteiger partial charge in [-0.15, -0.1) is 11.3 Å². The Balaban J connectivity index is 2.23. The fraction of sp³-hybridized carbons (Fsp3) is 0.600. The Morgan fingerprint density at radius 2 is 2.39 bits per heavy atom. The average molecular weight is 279 g/mol. The average Bonchev–Trinajstić information content (AvgIpc) is 2.77. The van der Waals surface area contributed by atoms with E-state index < -0.39 is 13.0 Å². The van der Waals surface area contributed by atoms with Gasteiger partial charge >= 0.3 is 0 Å². The summed E-state index contributed by atoms with van der Waals surface area (Å²) < 4.78 is 28.1.